The summed E-state index contributed by atoms with van der Waals surface area (Å²) in [6.45, 7) is 0. The number of carbonyl (C=O) groups excluding carboxylic acids is 1. The summed E-state index contributed by atoms with van der Waals surface area (Å²) in [6.07, 6.45) is 0.414. The summed E-state index contributed by atoms with van der Waals surface area (Å²) in [5.41, 5.74) is 0.396. The summed E-state index contributed by atoms with van der Waals surface area (Å²) in [7, 11) is 1.29. The largest absolute Gasteiger partial charge is 0.508 e. The Morgan fingerprint density at radius 2 is 2.29 bits per heavy atom. The van der Waals surface area contributed by atoms with Crippen LogP contribution in [0.2, 0.25) is 0 Å². The third-order valence-corrected chi connectivity index (χ3v) is 1.86. The van der Waals surface area contributed by atoms with Gasteiger partial charge in [-0.1, -0.05) is 6.07 Å². The molecule has 0 unspecified atom stereocenters. The third-order valence-electron chi connectivity index (χ3n) is 1.86. The molecule has 0 aliphatic rings. The fourth-order valence-corrected chi connectivity index (χ4v) is 1.08. The maximum Gasteiger partial charge on any atom is 0.305 e. The van der Waals surface area contributed by atoms with Crippen molar-refractivity contribution >= 4 is 5.97 Å². The smallest absolute Gasteiger partial charge is 0.305 e. The number of esters is 1. The molecule has 0 saturated carbocycles. The minimum Gasteiger partial charge on any atom is -0.508 e. The predicted octanol–water partition coefficient (Wildman–Crippen LogP) is 1.64. The summed E-state index contributed by atoms with van der Waals surface area (Å²) in [5.74, 6) is -1.00. The van der Waals surface area contributed by atoms with Crippen molar-refractivity contribution < 1.29 is 19.0 Å². The molecule has 0 aliphatic carbocycles. The minimum absolute atomic E-state index is 0.121. The van der Waals surface area contributed by atoms with Crippen LogP contribution in [0.25, 0.3) is 0 Å². The molecule has 0 atom stereocenters. The quantitative estimate of drug-likeness (QED) is 0.751. The Balaban J connectivity index is 2.63. The Morgan fingerprint density at radius 1 is 1.57 bits per heavy atom. The highest BCUT2D eigenvalue weighted by atomic mass is 19.1. The Kier molecular flexibility index (Phi) is 3.45. The number of carbonyl (C=O) groups is 1. The second-order valence-corrected chi connectivity index (χ2v) is 2.85. The number of methoxy groups -OCH3 is 1. The van der Waals surface area contributed by atoms with Crippen molar-refractivity contribution in [2.24, 2.45) is 0 Å². The van der Waals surface area contributed by atoms with E-state index < -0.39 is 5.82 Å². The van der Waals surface area contributed by atoms with Gasteiger partial charge in [-0.15, -0.1) is 0 Å². The Morgan fingerprint density at radius 3 is 2.86 bits per heavy atom. The fraction of sp³-hybridized carbons (Fsp3) is 0.300. The molecule has 76 valence electrons. The molecule has 0 fully saturated rings. The van der Waals surface area contributed by atoms with Crippen molar-refractivity contribution in [1.82, 2.24) is 0 Å². The Labute approximate surface area is 81.1 Å². The maximum atomic E-state index is 13.1. The van der Waals surface area contributed by atoms with Gasteiger partial charge in [-0.05, 0) is 18.1 Å². The highest BCUT2D eigenvalue weighted by Gasteiger charge is 2.06. The van der Waals surface area contributed by atoms with Gasteiger partial charge in [0.1, 0.15) is 11.6 Å². The normalized spacial score (nSPS) is 9.86. The summed E-state index contributed by atoms with van der Waals surface area (Å²) in [4.78, 5) is 10.8. The molecular weight excluding hydrogens is 187 g/mol. The standard InChI is InChI=1S/C10H11FO3/c1-14-10(13)5-3-7-2-4-8(12)6-9(7)11/h2,4,6,12H,3,5H2,1H3. The molecule has 3 nitrogen and oxygen atoms in total. The van der Waals surface area contributed by atoms with Gasteiger partial charge in [-0.25, -0.2) is 4.39 Å². The topological polar surface area (TPSA) is 46.5 Å². The number of hydrogen-bond acceptors (Lipinski definition) is 3. The van der Waals surface area contributed by atoms with Gasteiger partial charge in [0.15, 0.2) is 0 Å². The molecule has 0 heterocycles. The van der Waals surface area contributed by atoms with Crippen LogP contribution < -0.4 is 0 Å². The van der Waals surface area contributed by atoms with Crippen LogP contribution in [0.4, 0.5) is 4.39 Å². The molecule has 1 aromatic rings. The van der Waals surface area contributed by atoms with Crippen LogP contribution in [-0.4, -0.2) is 18.2 Å². The van der Waals surface area contributed by atoms with Gasteiger partial charge in [0.2, 0.25) is 0 Å². The summed E-state index contributed by atoms with van der Waals surface area (Å²) < 4.78 is 17.5. The summed E-state index contributed by atoms with van der Waals surface area (Å²) in [6, 6.07) is 3.86. The van der Waals surface area contributed by atoms with Crippen molar-refractivity contribution in [2.45, 2.75) is 12.8 Å². The highest BCUT2D eigenvalue weighted by molar-refractivity contribution is 5.69. The van der Waals surface area contributed by atoms with Gasteiger partial charge in [0.05, 0.1) is 7.11 Å². The number of aryl methyl sites for hydroxylation is 1. The van der Waals surface area contributed by atoms with E-state index in [1.165, 1.54) is 19.2 Å². The highest BCUT2D eigenvalue weighted by Crippen LogP contribution is 2.16. The average Bonchev–Trinajstić information content (AvgIpc) is 2.16. The molecule has 0 aliphatic heterocycles. The van der Waals surface area contributed by atoms with Crippen LogP contribution in [0.5, 0.6) is 5.75 Å². The molecular formula is C10H11FO3. The summed E-state index contributed by atoms with van der Waals surface area (Å²) in [5, 5.41) is 8.93. The molecule has 1 N–H and O–H groups in total. The lowest BCUT2D eigenvalue weighted by Crippen LogP contribution is -2.02. The van der Waals surface area contributed by atoms with E-state index >= 15 is 0 Å². The van der Waals surface area contributed by atoms with Crippen LogP contribution in [-0.2, 0) is 16.0 Å². The molecule has 0 bridgehead atoms. The van der Waals surface area contributed by atoms with Crippen LogP contribution in [0.1, 0.15) is 12.0 Å². The number of hydrogen-bond donors (Lipinski definition) is 1. The van der Waals surface area contributed by atoms with Crippen LogP contribution >= 0.6 is 0 Å². The van der Waals surface area contributed by atoms with Crippen molar-refractivity contribution in [2.75, 3.05) is 7.11 Å². The number of phenolic OH excluding ortho intramolecular Hbond substituents is 1. The van der Waals surface area contributed by atoms with E-state index in [2.05, 4.69) is 4.74 Å². The van der Waals surface area contributed by atoms with E-state index in [0.717, 1.165) is 6.07 Å². The lowest BCUT2D eigenvalue weighted by atomic mass is 10.1. The number of ether oxygens (including phenoxy) is 1. The first-order valence-electron chi connectivity index (χ1n) is 4.17. The SMILES string of the molecule is COC(=O)CCc1ccc(O)cc1F. The van der Waals surface area contributed by atoms with Crippen LogP contribution in [0, 0.1) is 5.82 Å². The van der Waals surface area contributed by atoms with Gasteiger partial charge >= 0.3 is 5.97 Å². The second-order valence-electron chi connectivity index (χ2n) is 2.85. The average molecular weight is 198 g/mol. The molecule has 0 saturated heterocycles. The first-order valence-corrected chi connectivity index (χ1v) is 4.17. The Bertz CT molecular complexity index is 336. The van der Waals surface area contributed by atoms with Gasteiger partial charge < -0.3 is 9.84 Å². The van der Waals surface area contributed by atoms with Gasteiger partial charge in [-0.2, -0.15) is 0 Å². The van der Waals surface area contributed by atoms with E-state index in [4.69, 9.17) is 5.11 Å². The van der Waals surface area contributed by atoms with E-state index in [1.807, 2.05) is 0 Å². The Hall–Kier alpha value is -1.58. The van der Waals surface area contributed by atoms with Crippen molar-refractivity contribution in [1.29, 1.82) is 0 Å². The van der Waals surface area contributed by atoms with E-state index in [9.17, 15) is 9.18 Å². The minimum atomic E-state index is -0.506. The fourth-order valence-electron chi connectivity index (χ4n) is 1.08. The molecule has 4 heteroatoms. The molecule has 0 spiro atoms. The third kappa shape index (κ3) is 2.73. The van der Waals surface area contributed by atoms with Crippen LogP contribution in [0.3, 0.4) is 0 Å². The lowest BCUT2D eigenvalue weighted by molar-refractivity contribution is -0.140. The number of benzene rings is 1. The van der Waals surface area contributed by atoms with Gasteiger partial charge in [-0.3, -0.25) is 4.79 Å². The molecule has 1 rings (SSSR count). The predicted molar refractivity (Wildman–Crippen MR) is 48.4 cm³/mol. The van der Waals surface area contributed by atoms with E-state index in [-0.39, 0.29) is 24.6 Å². The molecule has 1 aromatic carbocycles. The summed E-state index contributed by atoms with van der Waals surface area (Å²) >= 11 is 0. The zero-order valence-corrected chi connectivity index (χ0v) is 7.79. The van der Waals surface area contributed by atoms with Crippen molar-refractivity contribution in [3.8, 4) is 5.75 Å². The van der Waals surface area contributed by atoms with Crippen LogP contribution in [0.15, 0.2) is 18.2 Å². The molecule has 0 amide bonds. The number of halogens is 1. The van der Waals surface area contributed by atoms with Gasteiger partial charge in [0.25, 0.3) is 0 Å². The first kappa shape index (κ1) is 10.5. The zero-order valence-electron chi connectivity index (χ0n) is 7.79. The van der Waals surface area contributed by atoms with Crippen molar-refractivity contribution in [3.63, 3.8) is 0 Å². The number of phenols is 1. The second kappa shape index (κ2) is 4.60. The van der Waals surface area contributed by atoms with E-state index in [1.54, 1.807) is 0 Å². The monoisotopic (exact) mass is 198 g/mol. The lowest BCUT2D eigenvalue weighted by Gasteiger charge is -2.02. The van der Waals surface area contributed by atoms with Crippen molar-refractivity contribution in [3.05, 3.63) is 29.6 Å². The molecule has 14 heavy (non-hydrogen) atoms. The van der Waals surface area contributed by atoms with E-state index in [0.29, 0.717) is 5.56 Å². The van der Waals surface area contributed by atoms with Gasteiger partial charge in [0, 0.05) is 12.5 Å². The molecule has 0 radical (unpaired) electrons. The molecule has 0 aromatic heterocycles. The zero-order chi connectivity index (χ0) is 10.6. The number of aromatic hydroxyl groups is 1. The first-order chi connectivity index (χ1) is 6.63. The number of rotatable bonds is 3. The maximum absolute atomic E-state index is 13.1.